The number of nitrogens with zero attached hydrogens (tertiary/aromatic N) is 1. The average molecular weight is 363 g/mol. The van der Waals surface area contributed by atoms with Crippen LogP contribution in [0.2, 0.25) is 5.02 Å². The molecule has 0 bridgehead atoms. The van der Waals surface area contributed by atoms with E-state index >= 15 is 0 Å². The smallest absolute Gasteiger partial charge is 0.278 e. The Labute approximate surface area is 148 Å². The van der Waals surface area contributed by atoms with Crippen LogP contribution >= 0.6 is 11.6 Å². The number of amides is 4. The van der Waals surface area contributed by atoms with E-state index in [1.54, 1.807) is 18.2 Å². The fraction of sp³-hybridized carbons (Fsp3) is 0.250. The minimum atomic E-state index is -0.993. The number of rotatable bonds is 4. The Morgan fingerprint density at radius 3 is 2.68 bits per heavy atom. The lowest BCUT2D eigenvalue weighted by Crippen LogP contribution is -2.54. The number of anilines is 1. The van der Waals surface area contributed by atoms with Crippen LogP contribution in [-0.2, 0) is 25.7 Å². The molecule has 130 valence electrons. The van der Waals surface area contributed by atoms with Crippen molar-refractivity contribution in [3.63, 3.8) is 0 Å². The Balaban J connectivity index is 1.79. The van der Waals surface area contributed by atoms with Gasteiger partial charge in [-0.25, -0.2) is 0 Å². The van der Waals surface area contributed by atoms with Crippen LogP contribution < -0.4 is 16.4 Å². The lowest BCUT2D eigenvalue weighted by molar-refractivity contribution is -0.149. The van der Waals surface area contributed by atoms with Gasteiger partial charge in [-0.2, -0.15) is 0 Å². The fourth-order valence-corrected chi connectivity index (χ4v) is 3.05. The van der Waals surface area contributed by atoms with Gasteiger partial charge >= 0.3 is 0 Å². The molecule has 0 saturated carbocycles. The minimum Gasteiger partial charge on any atom is -0.351 e. The molecule has 1 unspecified atom stereocenters. The molecule has 0 aromatic heterocycles. The Bertz CT molecular complexity index is 820. The number of carbonyl (C=O) groups is 4. The highest BCUT2D eigenvalue weighted by atomic mass is 35.5. The second-order valence-electron chi connectivity index (χ2n) is 5.72. The van der Waals surface area contributed by atoms with Crippen LogP contribution in [0, 0.1) is 0 Å². The maximum atomic E-state index is 12.5. The lowest BCUT2D eigenvalue weighted by Gasteiger charge is -2.28. The Morgan fingerprint density at radius 2 is 2.00 bits per heavy atom. The van der Waals surface area contributed by atoms with E-state index in [2.05, 4.69) is 10.6 Å². The van der Waals surface area contributed by atoms with Crippen molar-refractivity contribution >= 4 is 40.9 Å². The number of benzene rings is 1. The third-order valence-electron chi connectivity index (χ3n) is 3.95. The number of carbonyl (C=O) groups excluding carboxylic acids is 4. The molecule has 2 aliphatic heterocycles. The summed E-state index contributed by atoms with van der Waals surface area (Å²) in [5, 5.41) is 5.41. The maximum Gasteiger partial charge on any atom is 0.278 e. The van der Waals surface area contributed by atoms with Crippen molar-refractivity contribution in [1.29, 1.82) is 0 Å². The molecular formula is C16H15ClN4O4. The van der Waals surface area contributed by atoms with Gasteiger partial charge in [0, 0.05) is 29.8 Å². The van der Waals surface area contributed by atoms with E-state index in [1.807, 2.05) is 0 Å². The minimum absolute atomic E-state index is 0.0277. The normalized spacial score (nSPS) is 20.6. The van der Waals surface area contributed by atoms with Gasteiger partial charge in [0.1, 0.15) is 11.7 Å². The zero-order valence-electron chi connectivity index (χ0n) is 13.0. The molecule has 1 atom stereocenters. The quantitative estimate of drug-likeness (QED) is 0.661. The molecular weight excluding hydrogens is 348 g/mol. The summed E-state index contributed by atoms with van der Waals surface area (Å²) in [6.45, 7) is 0.267. The zero-order chi connectivity index (χ0) is 18.1. The summed E-state index contributed by atoms with van der Waals surface area (Å²) in [4.78, 5) is 48.7. The van der Waals surface area contributed by atoms with Crippen LogP contribution in [0.1, 0.15) is 18.4 Å². The summed E-state index contributed by atoms with van der Waals surface area (Å²) in [6, 6.07) is 4.00. The molecule has 2 aliphatic rings. The van der Waals surface area contributed by atoms with Crippen molar-refractivity contribution in [1.82, 2.24) is 10.2 Å². The summed E-state index contributed by atoms with van der Waals surface area (Å²) in [7, 11) is 0. The van der Waals surface area contributed by atoms with Crippen molar-refractivity contribution in [3.8, 4) is 0 Å². The largest absolute Gasteiger partial charge is 0.351 e. The summed E-state index contributed by atoms with van der Waals surface area (Å²) in [5.41, 5.74) is 6.88. The molecule has 2 heterocycles. The highest BCUT2D eigenvalue weighted by Crippen LogP contribution is 2.25. The van der Waals surface area contributed by atoms with Crippen LogP contribution in [0.15, 0.2) is 30.0 Å². The van der Waals surface area contributed by atoms with Crippen LogP contribution in [0.4, 0.5) is 5.69 Å². The number of imide groups is 2. The lowest BCUT2D eigenvalue weighted by atomic mass is 10.0. The predicted octanol–water partition coefficient (Wildman–Crippen LogP) is 0.268. The van der Waals surface area contributed by atoms with Crippen molar-refractivity contribution in [2.24, 2.45) is 5.73 Å². The van der Waals surface area contributed by atoms with Gasteiger partial charge in [0.25, 0.3) is 11.8 Å². The highest BCUT2D eigenvalue weighted by Gasteiger charge is 2.42. The predicted molar refractivity (Wildman–Crippen MR) is 89.1 cm³/mol. The molecule has 4 N–H and O–H groups in total. The number of hydrogen-bond acceptors (Lipinski definition) is 6. The van der Waals surface area contributed by atoms with Crippen molar-refractivity contribution in [3.05, 3.63) is 40.6 Å². The second-order valence-corrected chi connectivity index (χ2v) is 6.15. The Kier molecular flexibility index (Phi) is 4.56. The van der Waals surface area contributed by atoms with Crippen LogP contribution in [0.5, 0.6) is 0 Å². The topological polar surface area (TPSA) is 122 Å². The zero-order valence-corrected chi connectivity index (χ0v) is 13.8. The van der Waals surface area contributed by atoms with Crippen molar-refractivity contribution in [2.45, 2.75) is 25.4 Å². The second kappa shape index (κ2) is 6.66. The molecule has 0 aliphatic carbocycles. The molecule has 0 spiro atoms. The van der Waals surface area contributed by atoms with E-state index in [4.69, 9.17) is 17.3 Å². The number of hydrogen-bond donors (Lipinski definition) is 3. The molecule has 9 heteroatoms. The third kappa shape index (κ3) is 3.40. The van der Waals surface area contributed by atoms with E-state index in [0.717, 1.165) is 16.5 Å². The molecule has 1 fully saturated rings. The van der Waals surface area contributed by atoms with Crippen LogP contribution in [0.3, 0.4) is 0 Å². The number of piperidine rings is 1. The molecule has 3 rings (SSSR count). The van der Waals surface area contributed by atoms with Gasteiger partial charge in [-0.05, 0) is 30.2 Å². The van der Waals surface area contributed by atoms with Gasteiger partial charge in [-0.1, -0.05) is 11.6 Å². The molecule has 0 radical (unpaired) electrons. The van der Waals surface area contributed by atoms with E-state index in [9.17, 15) is 19.2 Å². The highest BCUT2D eigenvalue weighted by molar-refractivity contribution is 6.31. The summed E-state index contributed by atoms with van der Waals surface area (Å²) >= 11 is 6.00. The van der Waals surface area contributed by atoms with Gasteiger partial charge in [0.05, 0.1) is 0 Å². The van der Waals surface area contributed by atoms with Gasteiger partial charge in [0.2, 0.25) is 11.8 Å². The first-order valence-corrected chi connectivity index (χ1v) is 7.96. The third-order valence-corrected chi connectivity index (χ3v) is 4.17. The summed E-state index contributed by atoms with van der Waals surface area (Å²) in [6.07, 6.45) is 1.30. The summed E-state index contributed by atoms with van der Waals surface area (Å²) < 4.78 is 0. The fourth-order valence-electron chi connectivity index (χ4n) is 2.79. The first-order chi connectivity index (χ1) is 11.9. The SMILES string of the molecule is NCc1cc(Cl)cc(NC2=CC(=O)N(C3CCC(=O)NC3=O)C2=O)c1. The maximum absolute atomic E-state index is 12.5. The number of nitrogens with two attached hydrogens (primary N) is 1. The molecule has 4 amide bonds. The molecule has 8 nitrogen and oxygen atoms in total. The molecule has 1 saturated heterocycles. The van der Waals surface area contributed by atoms with Crippen molar-refractivity contribution < 1.29 is 19.2 Å². The summed E-state index contributed by atoms with van der Waals surface area (Å²) in [5.74, 6) is -2.31. The van der Waals surface area contributed by atoms with Gasteiger partial charge < -0.3 is 11.1 Å². The number of halogens is 1. The van der Waals surface area contributed by atoms with Gasteiger partial charge in [-0.3, -0.25) is 29.4 Å². The van der Waals surface area contributed by atoms with E-state index in [1.165, 1.54) is 0 Å². The standard InChI is InChI=1S/C16H15ClN4O4/c17-9-3-8(7-18)4-10(5-9)19-11-6-14(23)21(16(11)25)12-1-2-13(22)20-15(12)24/h3-6,12,19H,1-2,7,18H2,(H,20,22,24). The monoisotopic (exact) mass is 362 g/mol. The molecule has 1 aromatic rings. The molecule has 25 heavy (non-hydrogen) atoms. The van der Waals surface area contributed by atoms with Gasteiger partial charge in [0.15, 0.2) is 0 Å². The first-order valence-electron chi connectivity index (χ1n) is 7.58. The Morgan fingerprint density at radius 1 is 1.24 bits per heavy atom. The Hall–Kier alpha value is -2.71. The van der Waals surface area contributed by atoms with E-state index < -0.39 is 29.7 Å². The van der Waals surface area contributed by atoms with Crippen molar-refractivity contribution in [2.75, 3.05) is 5.32 Å². The van der Waals surface area contributed by atoms with E-state index in [0.29, 0.717) is 10.7 Å². The van der Waals surface area contributed by atoms with Crippen LogP contribution in [0.25, 0.3) is 0 Å². The number of nitrogens with one attached hydrogen (secondary N) is 2. The average Bonchev–Trinajstić information content (AvgIpc) is 2.81. The van der Waals surface area contributed by atoms with Crippen LogP contribution in [-0.4, -0.2) is 34.6 Å². The van der Waals surface area contributed by atoms with Gasteiger partial charge in [-0.15, -0.1) is 0 Å². The van der Waals surface area contributed by atoms with E-state index in [-0.39, 0.29) is 25.1 Å². The molecule has 1 aromatic carbocycles. The first kappa shape index (κ1) is 17.1.